The van der Waals surface area contributed by atoms with Crippen LogP contribution in [0, 0.1) is 6.92 Å². The van der Waals surface area contributed by atoms with Crippen LogP contribution in [0.1, 0.15) is 24.0 Å². The van der Waals surface area contributed by atoms with Crippen molar-refractivity contribution in [1.82, 2.24) is 10.6 Å². The summed E-state index contributed by atoms with van der Waals surface area (Å²) in [5.74, 6) is -0.767. The van der Waals surface area contributed by atoms with Gasteiger partial charge in [-0.2, -0.15) is 0 Å². The number of nitrogens with one attached hydrogen (secondary N) is 2. The molecule has 0 aromatic heterocycles. The molecule has 0 amide bonds. The van der Waals surface area contributed by atoms with Crippen LogP contribution in [0.3, 0.4) is 0 Å². The van der Waals surface area contributed by atoms with Crippen molar-refractivity contribution in [2.75, 3.05) is 20.2 Å². The van der Waals surface area contributed by atoms with Gasteiger partial charge < -0.3 is 15.4 Å². The summed E-state index contributed by atoms with van der Waals surface area (Å²) < 4.78 is 4.98. The zero-order valence-electron chi connectivity index (χ0n) is 13.5. The van der Waals surface area contributed by atoms with Crippen molar-refractivity contribution < 1.29 is 14.3 Å². The Hall–Kier alpha value is -2.40. The number of esters is 1. The number of Topliss-reactive ketones (excluding diaryl/α,β-unsaturated/α-hetero) is 1. The summed E-state index contributed by atoms with van der Waals surface area (Å²) in [5, 5.41) is 6.30. The van der Waals surface area contributed by atoms with E-state index >= 15 is 0 Å². The average Bonchev–Trinajstić information content (AvgIpc) is 2.54. The number of allylic oxidation sites excluding steroid dienone is 1. The Morgan fingerprint density at radius 3 is 2.65 bits per heavy atom. The molecule has 120 valence electrons. The van der Waals surface area contributed by atoms with E-state index in [0.29, 0.717) is 17.7 Å². The lowest BCUT2D eigenvalue weighted by atomic mass is 9.76. The number of carbonyl (C=O) groups is 2. The highest BCUT2D eigenvalue weighted by Gasteiger charge is 2.39. The monoisotopic (exact) mass is 312 g/mol. The number of dihydropyridines is 1. The fourth-order valence-corrected chi connectivity index (χ4v) is 3.36. The third-order valence-electron chi connectivity index (χ3n) is 4.44. The Morgan fingerprint density at radius 1 is 1.22 bits per heavy atom. The smallest absolute Gasteiger partial charge is 0.336 e. The second-order valence-corrected chi connectivity index (χ2v) is 5.86. The summed E-state index contributed by atoms with van der Waals surface area (Å²) in [6.07, 6.45) is 0. The van der Waals surface area contributed by atoms with Crippen LogP contribution in [0.4, 0.5) is 0 Å². The molecule has 1 atom stereocenters. The molecule has 0 aliphatic carbocycles. The molecule has 0 fully saturated rings. The van der Waals surface area contributed by atoms with Crippen molar-refractivity contribution in [2.45, 2.75) is 19.8 Å². The molecule has 1 aromatic carbocycles. The first-order valence-electron chi connectivity index (χ1n) is 7.63. The van der Waals surface area contributed by atoms with Crippen molar-refractivity contribution in [2.24, 2.45) is 0 Å². The summed E-state index contributed by atoms with van der Waals surface area (Å²) in [6, 6.07) is 7.85. The van der Waals surface area contributed by atoms with Crippen LogP contribution in [0.2, 0.25) is 0 Å². The molecule has 2 heterocycles. The average molecular weight is 312 g/mol. The molecule has 2 N–H and O–H groups in total. The van der Waals surface area contributed by atoms with Crippen LogP contribution in [0.25, 0.3) is 0 Å². The fraction of sp³-hybridized carbons (Fsp3) is 0.333. The van der Waals surface area contributed by atoms with Crippen molar-refractivity contribution in [3.05, 3.63) is 57.9 Å². The summed E-state index contributed by atoms with van der Waals surface area (Å²) in [5.41, 5.74) is 4.78. The quantitative estimate of drug-likeness (QED) is 0.811. The summed E-state index contributed by atoms with van der Waals surface area (Å²) in [6.45, 7) is 4.72. The molecular weight excluding hydrogens is 292 g/mol. The topological polar surface area (TPSA) is 67.4 Å². The minimum absolute atomic E-state index is 0.0147. The van der Waals surface area contributed by atoms with Gasteiger partial charge in [0.2, 0.25) is 0 Å². The minimum Gasteiger partial charge on any atom is -0.466 e. The third-order valence-corrected chi connectivity index (χ3v) is 4.44. The predicted molar refractivity (Wildman–Crippen MR) is 86.7 cm³/mol. The van der Waals surface area contributed by atoms with Gasteiger partial charge in [0.15, 0.2) is 5.78 Å². The Kier molecular flexibility index (Phi) is 4.05. The third kappa shape index (κ3) is 2.57. The van der Waals surface area contributed by atoms with Gasteiger partial charge in [0.25, 0.3) is 0 Å². The van der Waals surface area contributed by atoms with E-state index in [9.17, 15) is 9.59 Å². The highest BCUT2D eigenvalue weighted by atomic mass is 16.5. The van der Waals surface area contributed by atoms with Gasteiger partial charge in [0, 0.05) is 29.4 Å². The van der Waals surface area contributed by atoms with Gasteiger partial charge in [-0.15, -0.1) is 0 Å². The van der Waals surface area contributed by atoms with Crippen LogP contribution in [-0.2, 0) is 14.3 Å². The first-order chi connectivity index (χ1) is 11.0. The molecule has 5 heteroatoms. The van der Waals surface area contributed by atoms with E-state index in [1.165, 1.54) is 7.11 Å². The molecular formula is C18H20N2O3. The van der Waals surface area contributed by atoms with Gasteiger partial charge in [-0.1, -0.05) is 24.3 Å². The van der Waals surface area contributed by atoms with Crippen molar-refractivity contribution in [3.63, 3.8) is 0 Å². The second-order valence-electron chi connectivity index (χ2n) is 5.86. The van der Waals surface area contributed by atoms with E-state index < -0.39 is 5.97 Å². The Morgan fingerprint density at radius 2 is 1.96 bits per heavy atom. The molecule has 1 unspecified atom stereocenters. The van der Waals surface area contributed by atoms with Gasteiger partial charge in [-0.3, -0.25) is 4.79 Å². The largest absolute Gasteiger partial charge is 0.466 e. The van der Waals surface area contributed by atoms with Crippen molar-refractivity contribution in [1.29, 1.82) is 0 Å². The number of aryl methyl sites for hydroxylation is 1. The summed E-state index contributed by atoms with van der Waals surface area (Å²) in [4.78, 5) is 24.9. The maximum atomic E-state index is 12.6. The number of methoxy groups -OCH3 is 1. The SMILES string of the molecule is COC(=O)C1=C(C)NC2=C(C(=O)CNC2)C1c1ccccc1C. The number of ketones is 1. The molecule has 3 rings (SSSR count). The van der Waals surface area contributed by atoms with E-state index in [0.717, 1.165) is 22.5 Å². The van der Waals surface area contributed by atoms with Crippen LogP contribution >= 0.6 is 0 Å². The lowest BCUT2D eigenvalue weighted by molar-refractivity contribution is -0.136. The van der Waals surface area contributed by atoms with E-state index in [2.05, 4.69) is 10.6 Å². The number of carbonyl (C=O) groups excluding carboxylic acids is 2. The maximum absolute atomic E-state index is 12.6. The van der Waals surface area contributed by atoms with Gasteiger partial charge in [-0.05, 0) is 25.0 Å². The molecule has 0 saturated heterocycles. The van der Waals surface area contributed by atoms with Crippen LogP contribution in [0.5, 0.6) is 0 Å². The van der Waals surface area contributed by atoms with Crippen LogP contribution < -0.4 is 10.6 Å². The van der Waals surface area contributed by atoms with E-state index in [-0.39, 0.29) is 18.2 Å². The molecule has 23 heavy (non-hydrogen) atoms. The minimum atomic E-state index is -0.402. The van der Waals surface area contributed by atoms with Gasteiger partial charge in [0.05, 0.1) is 19.2 Å². The van der Waals surface area contributed by atoms with Gasteiger partial charge >= 0.3 is 5.97 Å². The molecule has 2 aliphatic heterocycles. The van der Waals surface area contributed by atoms with Gasteiger partial charge in [-0.25, -0.2) is 4.79 Å². The van der Waals surface area contributed by atoms with E-state index in [1.54, 1.807) is 0 Å². The maximum Gasteiger partial charge on any atom is 0.336 e. The second kappa shape index (κ2) is 6.01. The molecule has 0 saturated carbocycles. The number of ether oxygens (including phenoxy) is 1. The Balaban J connectivity index is 2.23. The Labute approximate surface area is 135 Å². The first kappa shape index (κ1) is 15.5. The zero-order valence-corrected chi connectivity index (χ0v) is 13.5. The standard InChI is InChI=1S/C18H20N2O3/c1-10-6-4-5-7-12(10)16-15(18(22)23-3)11(2)20-13-8-19-9-14(21)17(13)16/h4-7,16,19-20H,8-9H2,1-3H3. The highest BCUT2D eigenvalue weighted by molar-refractivity contribution is 6.04. The molecule has 0 bridgehead atoms. The molecule has 1 aromatic rings. The zero-order chi connectivity index (χ0) is 16.6. The number of hydrogen-bond donors (Lipinski definition) is 2. The fourth-order valence-electron chi connectivity index (χ4n) is 3.36. The van der Waals surface area contributed by atoms with Crippen LogP contribution in [0.15, 0.2) is 46.8 Å². The lowest BCUT2D eigenvalue weighted by Crippen LogP contribution is -2.43. The lowest BCUT2D eigenvalue weighted by Gasteiger charge is -2.34. The number of benzene rings is 1. The first-order valence-corrected chi connectivity index (χ1v) is 7.63. The molecule has 2 aliphatic rings. The highest BCUT2D eigenvalue weighted by Crippen LogP contribution is 2.40. The van der Waals surface area contributed by atoms with Crippen molar-refractivity contribution >= 4 is 11.8 Å². The van der Waals surface area contributed by atoms with Gasteiger partial charge in [0.1, 0.15) is 0 Å². The van der Waals surface area contributed by atoms with E-state index in [1.807, 2.05) is 38.1 Å². The normalized spacial score (nSPS) is 21.0. The molecule has 5 nitrogen and oxygen atoms in total. The molecule has 0 spiro atoms. The Bertz CT molecular complexity index is 746. The number of hydrogen-bond acceptors (Lipinski definition) is 5. The van der Waals surface area contributed by atoms with Crippen molar-refractivity contribution in [3.8, 4) is 0 Å². The number of rotatable bonds is 2. The van der Waals surface area contributed by atoms with E-state index in [4.69, 9.17) is 4.74 Å². The molecule has 0 radical (unpaired) electrons. The van der Waals surface area contributed by atoms with Crippen LogP contribution in [-0.4, -0.2) is 32.0 Å². The summed E-state index contributed by atoms with van der Waals surface area (Å²) in [7, 11) is 1.37. The summed E-state index contributed by atoms with van der Waals surface area (Å²) >= 11 is 0. The predicted octanol–water partition coefficient (Wildman–Crippen LogP) is 1.56.